The third-order valence-corrected chi connectivity index (χ3v) is 6.26. The van der Waals surface area contributed by atoms with E-state index < -0.39 is 11.5 Å². The number of hydrogen-bond acceptors (Lipinski definition) is 6. The highest BCUT2D eigenvalue weighted by Crippen LogP contribution is 2.27. The third kappa shape index (κ3) is 7.53. The van der Waals surface area contributed by atoms with Crippen molar-refractivity contribution in [3.05, 3.63) is 71.2 Å². The summed E-state index contributed by atoms with van der Waals surface area (Å²) in [6.45, 7) is 7.15. The number of rotatable bonds is 12. The minimum Gasteiger partial charge on any atom is -0.490 e. The average molecular weight is 517 g/mol. The van der Waals surface area contributed by atoms with Gasteiger partial charge in [-0.1, -0.05) is 24.3 Å². The molecule has 1 heterocycles. The van der Waals surface area contributed by atoms with E-state index in [0.717, 1.165) is 16.8 Å². The van der Waals surface area contributed by atoms with E-state index in [0.29, 0.717) is 35.5 Å². The van der Waals surface area contributed by atoms with Gasteiger partial charge in [0, 0.05) is 37.2 Å². The number of imidazole rings is 1. The Morgan fingerprint density at radius 1 is 1.18 bits per heavy atom. The molecule has 0 fully saturated rings. The van der Waals surface area contributed by atoms with E-state index in [2.05, 4.69) is 11.1 Å². The molecule has 0 aliphatic rings. The van der Waals surface area contributed by atoms with Crippen LogP contribution >= 0.6 is 0 Å². The number of hydrogen-bond donors (Lipinski definition) is 2. The molecule has 1 aromatic heterocycles. The molecule has 0 aliphatic carbocycles. The van der Waals surface area contributed by atoms with Crippen molar-refractivity contribution in [2.45, 2.75) is 65.1 Å². The van der Waals surface area contributed by atoms with Crippen molar-refractivity contribution in [1.29, 1.82) is 5.26 Å². The van der Waals surface area contributed by atoms with Crippen molar-refractivity contribution in [1.82, 2.24) is 9.55 Å². The van der Waals surface area contributed by atoms with Gasteiger partial charge in [-0.15, -0.1) is 0 Å². The first kappa shape index (κ1) is 28.6. The molecule has 0 unspecified atom stereocenters. The number of carbonyl (C=O) groups excluding carboxylic acids is 2. The van der Waals surface area contributed by atoms with Crippen molar-refractivity contribution < 1.29 is 19.4 Å². The zero-order chi connectivity index (χ0) is 28.0. The maximum absolute atomic E-state index is 13.1. The standard InChI is InChI=1S/C30H36N4O4/c1-19(2)38-27-12-11-23(16-24(27)17-31)26(35)15-21(8-13-28(32)36)14-20-6-9-22(10-7-20)25-18-34(5)29(33-25)30(3,4)37/h6-7,9-12,16,18-19,21,37H,8,13-15H2,1-5H3,(H2,32,36)/t21-/m1/s1. The van der Waals surface area contributed by atoms with Gasteiger partial charge in [0.25, 0.3) is 0 Å². The SMILES string of the molecule is CC(C)Oc1ccc(C(=O)C[C@H](CCC(N)=O)Cc2ccc(-c3cn(C)c(C(C)(C)O)n3)cc2)cc1C#N. The number of amides is 1. The number of aryl methyl sites for hydroxylation is 1. The summed E-state index contributed by atoms with van der Waals surface area (Å²) in [4.78, 5) is 29.2. The van der Waals surface area contributed by atoms with E-state index in [9.17, 15) is 20.0 Å². The van der Waals surface area contributed by atoms with Gasteiger partial charge in [0.2, 0.25) is 5.91 Å². The summed E-state index contributed by atoms with van der Waals surface area (Å²) in [6.07, 6.45) is 3.28. The Kier molecular flexibility index (Phi) is 9.08. The molecule has 0 saturated carbocycles. The van der Waals surface area contributed by atoms with Crippen LogP contribution in [0.5, 0.6) is 5.75 Å². The Morgan fingerprint density at radius 2 is 1.87 bits per heavy atom. The lowest BCUT2D eigenvalue weighted by Gasteiger charge is -2.17. The molecule has 38 heavy (non-hydrogen) atoms. The lowest BCUT2D eigenvalue weighted by molar-refractivity contribution is -0.118. The molecule has 0 bridgehead atoms. The molecule has 3 aromatic rings. The Labute approximate surface area is 224 Å². The van der Waals surface area contributed by atoms with Crippen molar-refractivity contribution >= 4 is 11.7 Å². The van der Waals surface area contributed by atoms with Crippen molar-refractivity contribution in [3.63, 3.8) is 0 Å². The number of nitriles is 1. The van der Waals surface area contributed by atoms with Gasteiger partial charge in [-0.25, -0.2) is 4.98 Å². The van der Waals surface area contributed by atoms with E-state index in [-0.39, 0.29) is 30.6 Å². The predicted molar refractivity (Wildman–Crippen MR) is 145 cm³/mol. The van der Waals surface area contributed by atoms with Crippen molar-refractivity contribution in [2.75, 3.05) is 0 Å². The van der Waals surface area contributed by atoms with Gasteiger partial charge in [-0.3, -0.25) is 9.59 Å². The molecular formula is C30H36N4O4. The average Bonchev–Trinajstić information content (AvgIpc) is 3.25. The number of benzene rings is 2. The molecule has 200 valence electrons. The second-order valence-electron chi connectivity index (χ2n) is 10.5. The fourth-order valence-electron chi connectivity index (χ4n) is 4.47. The molecule has 8 heteroatoms. The number of nitrogens with zero attached hydrogens (tertiary/aromatic N) is 3. The topological polar surface area (TPSA) is 131 Å². The first-order valence-electron chi connectivity index (χ1n) is 12.7. The largest absolute Gasteiger partial charge is 0.490 e. The molecule has 1 atom stereocenters. The van der Waals surface area contributed by atoms with Crippen LogP contribution in [0, 0.1) is 17.2 Å². The lowest BCUT2D eigenvalue weighted by Crippen LogP contribution is -2.20. The number of aliphatic hydroxyl groups is 1. The van der Waals surface area contributed by atoms with Gasteiger partial charge < -0.3 is 20.1 Å². The van der Waals surface area contributed by atoms with Crippen LogP contribution in [0.4, 0.5) is 0 Å². The molecule has 8 nitrogen and oxygen atoms in total. The maximum atomic E-state index is 13.1. The van der Waals surface area contributed by atoms with Crippen LogP contribution in [0.25, 0.3) is 11.3 Å². The molecule has 1 amide bonds. The van der Waals surface area contributed by atoms with Crippen LogP contribution in [0.1, 0.15) is 74.3 Å². The molecule has 0 aliphatic heterocycles. The molecule has 3 N–H and O–H groups in total. The predicted octanol–water partition coefficient (Wildman–Crippen LogP) is 4.67. The Balaban J connectivity index is 1.76. The third-order valence-electron chi connectivity index (χ3n) is 6.26. The normalized spacial score (nSPS) is 12.3. The van der Waals surface area contributed by atoms with Crippen LogP contribution < -0.4 is 10.5 Å². The summed E-state index contributed by atoms with van der Waals surface area (Å²) in [6, 6.07) is 14.9. The smallest absolute Gasteiger partial charge is 0.217 e. The number of nitrogens with two attached hydrogens (primary N) is 1. The van der Waals surface area contributed by atoms with Crippen LogP contribution in [-0.4, -0.2) is 32.5 Å². The zero-order valence-corrected chi connectivity index (χ0v) is 22.7. The van der Waals surface area contributed by atoms with Gasteiger partial charge in [0.05, 0.1) is 17.4 Å². The van der Waals surface area contributed by atoms with Gasteiger partial charge in [-0.2, -0.15) is 5.26 Å². The maximum Gasteiger partial charge on any atom is 0.217 e. The van der Waals surface area contributed by atoms with E-state index in [1.807, 2.05) is 55.9 Å². The van der Waals surface area contributed by atoms with Crippen LogP contribution in [0.15, 0.2) is 48.7 Å². The van der Waals surface area contributed by atoms with Crippen LogP contribution in [0.2, 0.25) is 0 Å². The minimum atomic E-state index is -1.05. The monoisotopic (exact) mass is 516 g/mol. The van der Waals surface area contributed by atoms with Crippen LogP contribution in [-0.2, 0) is 23.9 Å². The first-order valence-corrected chi connectivity index (χ1v) is 12.7. The first-order chi connectivity index (χ1) is 17.9. The van der Waals surface area contributed by atoms with Gasteiger partial charge >= 0.3 is 0 Å². The minimum absolute atomic E-state index is 0.0885. The number of primary amides is 1. The zero-order valence-electron chi connectivity index (χ0n) is 22.7. The Hall–Kier alpha value is -3.96. The fourth-order valence-corrected chi connectivity index (χ4v) is 4.47. The number of Topliss-reactive ketones (excluding diaryl/α,β-unsaturated/α-hetero) is 1. The highest BCUT2D eigenvalue weighted by Gasteiger charge is 2.23. The number of ketones is 1. The fraction of sp³-hybridized carbons (Fsp3) is 0.400. The summed E-state index contributed by atoms with van der Waals surface area (Å²) >= 11 is 0. The summed E-state index contributed by atoms with van der Waals surface area (Å²) in [7, 11) is 1.85. The number of carbonyl (C=O) groups is 2. The Bertz CT molecular complexity index is 1330. The van der Waals surface area contributed by atoms with Gasteiger partial charge in [-0.05, 0) is 70.2 Å². The lowest BCUT2D eigenvalue weighted by atomic mass is 9.88. The quantitative estimate of drug-likeness (QED) is 0.336. The van der Waals surface area contributed by atoms with E-state index in [4.69, 9.17) is 10.5 Å². The highest BCUT2D eigenvalue weighted by molar-refractivity contribution is 5.96. The van der Waals surface area contributed by atoms with Gasteiger partial charge in [0.1, 0.15) is 23.2 Å². The molecular weight excluding hydrogens is 480 g/mol. The molecule has 3 rings (SSSR count). The van der Waals surface area contributed by atoms with Crippen molar-refractivity contribution in [3.8, 4) is 23.1 Å². The second-order valence-corrected chi connectivity index (χ2v) is 10.5. The van der Waals surface area contributed by atoms with E-state index in [1.165, 1.54) is 0 Å². The molecule has 0 spiro atoms. The number of ether oxygens (including phenoxy) is 1. The summed E-state index contributed by atoms with van der Waals surface area (Å²) in [5, 5.41) is 19.8. The molecule has 0 saturated heterocycles. The van der Waals surface area contributed by atoms with Gasteiger partial charge in [0.15, 0.2) is 5.78 Å². The molecule has 0 radical (unpaired) electrons. The van der Waals surface area contributed by atoms with E-state index in [1.54, 1.807) is 32.0 Å². The number of aromatic nitrogens is 2. The Morgan fingerprint density at radius 3 is 2.42 bits per heavy atom. The highest BCUT2D eigenvalue weighted by atomic mass is 16.5. The van der Waals surface area contributed by atoms with Crippen molar-refractivity contribution in [2.24, 2.45) is 18.7 Å². The summed E-state index contributed by atoms with van der Waals surface area (Å²) in [5.41, 5.74) is 7.80. The summed E-state index contributed by atoms with van der Waals surface area (Å²) in [5.74, 6) is 0.417. The summed E-state index contributed by atoms with van der Waals surface area (Å²) < 4.78 is 7.47. The van der Waals surface area contributed by atoms with Crippen LogP contribution in [0.3, 0.4) is 0 Å². The van der Waals surface area contributed by atoms with E-state index >= 15 is 0 Å². The molecule has 2 aromatic carbocycles. The second kappa shape index (κ2) is 12.1.